The molecule has 3 nitrogen and oxygen atoms in total. The molecule has 0 saturated heterocycles. The van der Waals surface area contributed by atoms with Gasteiger partial charge in [-0.1, -0.05) is 35.0 Å². The lowest BCUT2D eigenvalue weighted by atomic mass is 10.1. The van der Waals surface area contributed by atoms with Crippen molar-refractivity contribution in [1.82, 2.24) is 0 Å². The highest BCUT2D eigenvalue weighted by Crippen LogP contribution is 2.24. The van der Waals surface area contributed by atoms with Crippen molar-refractivity contribution in [2.75, 3.05) is 11.9 Å². The SMILES string of the molecule is CCOc1ccc(Br)cc1/C=C/C(=O)Nc1ccc(CC)cc1. The van der Waals surface area contributed by atoms with Crippen LogP contribution in [0.2, 0.25) is 0 Å². The maximum atomic E-state index is 12.0. The predicted molar refractivity (Wildman–Crippen MR) is 98.8 cm³/mol. The number of carbonyl (C=O) groups is 1. The summed E-state index contributed by atoms with van der Waals surface area (Å²) in [6.07, 6.45) is 4.25. The fourth-order valence-corrected chi connectivity index (χ4v) is 2.49. The Morgan fingerprint density at radius 3 is 2.57 bits per heavy atom. The van der Waals surface area contributed by atoms with Crippen LogP contribution in [-0.4, -0.2) is 12.5 Å². The van der Waals surface area contributed by atoms with E-state index in [4.69, 9.17) is 4.74 Å². The molecule has 1 amide bonds. The highest BCUT2D eigenvalue weighted by Gasteiger charge is 2.03. The molecule has 2 aromatic rings. The maximum Gasteiger partial charge on any atom is 0.248 e. The molecule has 0 unspecified atom stereocenters. The van der Waals surface area contributed by atoms with Crippen LogP contribution < -0.4 is 10.1 Å². The molecule has 4 heteroatoms. The van der Waals surface area contributed by atoms with Crippen molar-refractivity contribution in [3.63, 3.8) is 0 Å². The van der Waals surface area contributed by atoms with Crippen molar-refractivity contribution in [3.8, 4) is 5.75 Å². The lowest BCUT2D eigenvalue weighted by Gasteiger charge is -2.07. The molecule has 23 heavy (non-hydrogen) atoms. The first-order valence-corrected chi connectivity index (χ1v) is 8.42. The molecule has 0 radical (unpaired) electrons. The van der Waals surface area contributed by atoms with E-state index in [-0.39, 0.29) is 5.91 Å². The predicted octanol–water partition coefficient (Wildman–Crippen LogP) is 5.06. The van der Waals surface area contributed by atoms with Crippen molar-refractivity contribution < 1.29 is 9.53 Å². The minimum Gasteiger partial charge on any atom is -0.493 e. The first kappa shape index (κ1) is 17.3. The van der Waals surface area contributed by atoms with Crippen molar-refractivity contribution in [3.05, 3.63) is 64.1 Å². The molecule has 0 atom stereocenters. The Hall–Kier alpha value is -2.07. The van der Waals surface area contributed by atoms with E-state index in [0.29, 0.717) is 6.61 Å². The third-order valence-electron chi connectivity index (χ3n) is 3.32. The summed E-state index contributed by atoms with van der Waals surface area (Å²) < 4.78 is 6.51. The van der Waals surface area contributed by atoms with Gasteiger partial charge in [0.1, 0.15) is 5.75 Å². The molecule has 2 rings (SSSR count). The van der Waals surface area contributed by atoms with Crippen LogP contribution >= 0.6 is 15.9 Å². The second-order valence-corrected chi connectivity index (χ2v) is 5.90. The van der Waals surface area contributed by atoms with Gasteiger partial charge in [-0.25, -0.2) is 0 Å². The topological polar surface area (TPSA) is 38.3 Å². The van der Waals surface area contributed by atoms with Crippen LogP contribution in [0.5, 0.6) is 5.75 Å². The third kappa shape index (κ3) is 5.25. The standard InChI is InChI=1S/C19H20BrNO2/c1-3-14-5-9-17(10-6-14)21-19(22)12-7-15-13-16(20)8-11-18(15)23-4-2/h5-13H,3-4H2,1-2H3,(H,21,22)/b12-7+. The van der Waals surface area contributed by atoms with Crippen LogP contribution in [0, 0.1) is 0 Å². The first-order chi connectivity index (χ1) is 11.1. The van der Waals surface area contributed by atoms with Gasteiger partial charge in [0.05, 0.1) is 6.61 Å². The minimum atomic E-state index is -0.170. The number of rotatable bonds is 6. The molecular weight excluding hydrogens is 354 g/mol. The highest BCUT2D eigenvalue weighted by molar-refractivity contribution is 9.10. The summed E-state index contributed by atoms with van der Waals surface area (Å²) in [5, 5.41) is 2.85. The quantitative estimate of drug-likeness (QED) is 0.718. The van der Waals surface area contributed by atoms with E-state index in [1.165, 1.54) is 11.6 Å². The number of hydrogen-bond acceptors (Lipinski definition) is 2. The monoisotopic (exact) mass is 373 g/mol. The molecular formula is C19H20BrNO2. The summed E-state index contributed by atoms with van der Waals surface area (Å²) in [5.74, 6) is 0.587. The second-order valence-electron chi connectivity index (χ2n) is 4.99. The van der Waals surface area contributed by atoms with Gasteiger partial charge in [-0.2, -0.15) is 0 Å². The number of anilines is 1. The fourth-order valence-electron chi connectivity index (χ4n) is 2.11. The van der Waals surface area contributed by atoms with Crippen LogP contribution in [0.25, 0.3) is 6.08 Å². The Morgan fingerprint density at radius 2 is 1.91 bits per heavy atom. The van der Waals surface area contributed by atoms with Gasteiger partial charge in [0, 0.05) is 21.8 Å². The number of hydrogen-bond donors (Lipinski definition) is 1. The summed E-state index contributed by atoms with van der Waals surface area (Å²) in [4.78, 5) is 12.0. The molecule has 0 aromatic heterocycles. The van der Waals surface area contributed by atoms with Gasteiger partial charge in [-0.05, 0) is 55.3 Å². The number of halogens is 1. The summed E-state index contributed by atoms with van der Waals surface area (Å²) in [6.45, 7) is 4.62. The summed E-state index contributed by atoms with van der Waals surface area (Å²) in [7, 11) is 0. The van der Waals surface area contributed by atoms with Crippen molar-refractivity contribution in [1.29, 1.82) is 0 Å². The average Bonchev–Trinajstić information content (AvgIpc) is 2.56. The van der Waals surface area contributed by atoms with E-state index in [9.17, 15) is 4.79 Å². The smallest absolute Gasteiger partial charge is 0.248 e. The zero-order chi connectivity index (χ0) is 16.7. The summed E-state index contributed by atoms with van der Waals surface area (Å²) in [6, 6.07) is 13.6. The van der Waals surface area contributed by atoms with Crippen LogP contribution in [0.15, 0.2) is 53.0 Å². The molecule has 0 bridgehead atoms. The van der Waals surface area contributed by atoms with E-state index in [1.807, 2.05) is 49.4 Å². The van der Waals surface area contributed by atoms with Gasteiger partial charge in [-0.15, -0.1) is 0 Å². The van der Waals surface area contributed by atoms with Gasteiger partial charge >= 0.3 is 0 Å². The number of benzene rings is 2. The molecule has 0 fully saturated rings. The zero-order valence-electron chi connectivity index (χ0n) is 13.3. The van der Waals surface area contributed by atoms with E-state index < -0.39 is 0 Å². The number of ether oxygens (including phenoxy) is 1. The molecule has 120 valence electrons. The Morgan fingerprint density at radius 1 is 1.17 bits per heavy atom. The number of amides is 1. The molecule has 0 spiro atoms. The third-order valence-corrected chi connectivity index (χ3v) is 3.81. The summed E-state index contributed by atoms with van der Waals surface area (Å²) >= 11 is 3.43. The highest BCUT2D eigenvalue weighted by atomic mass is 79.9. The Kier molecular flexibility index (Phi) is 6.41. The van der Waals surface area contributed by atoms with Crippen molar-refractivity contribution >= 4 is 33.6 Å². The van der Waals surface area contributed by atoms with Gasteiger partial charge in [0.25, 0.3) is 0 Å². The van der Waals surface area contributed by atoms with Crippen molar-refractivity contribution in [2.24, 2.45) is 0 Å². The van der Waals surface area contributed by atoms with Gasteiger partial charge in [0.2, 0.25) is 5.91 Å². The molecule has 0 aliphatic rings. The van der Waals surface area contributed by atoms with Crippen molar-refractivity contribution in [2.45, 2.75) is 20.3 Å². The normalized spacial score (nSPS) is 10.7. The van der Waals surface area contributed by atoms with E-state index in [2.05, 4.69) is 28.2 Å². The van der Waals surface area contributed by atoms with E-state index in [0.717, 1.165) is 27.9 Å². The molecule has 0 aliphatic heterocycles. The Balaban J connectivity index is 2.06. The van der Waals surface area contributed by atoms with E-state index >= 15 is 0 Å². The molecule has 0 aliphatic carbocycles. The van der Waals surface area contributed by atoms with Crippen LogP contribution in [0.1, 0.15) is 25.0 Å². The number of aryl methyl sites for hydroxylation is 1. The lowest BCUT2D eigenvalue weighted by molar-refractivity contribution is -0.111. The number of carbonyl (C=O) groups excluding carboxylic acids is 1. The maximum absolute atomic E-state index is 12.0. The molecule has 0 saturated carbocycles. The lowest BCUT2D eigenvalue weighted by Crippen LogP contribution is -2.07. The van der Waals surface area contributed by atoms with Gasteiger partial charge in [0.15, 0.2) is 0 Å². The first-order valence-electron chi connectivity index (χ1n) is 7.62. The second kappa shape index (κ2) is 8.53. The summed E-state index contributed by atoms with van der Waals surface area (Å²) in [5.41, 5.74) is 2.89. The van der Waals surface area contributed by atoms with Gasteiger partial charge < -0.3 is 10.1 Å². The zero-order valence-corrected chi connectivity index (χ0v) is 14.9. The fraction of sp³-hybridized carbons (Fsp3) is 0.211. The average molecular weight is 374 g/mol. The number of nitrogens with one attached hydrogen (secondary N) is 1. The largest absolute Gasteiger partial charge is 0.493 e. The minimum absolute atomic E-state index is 0.170. The Bertz CT molecular complexity index is 693. The van der Waals surface area contributed by atoms with Crippen LogP contribution in [0.4, 0.5) is 5.69 Å². The van der Waals surface area contributed by atoms with Crippen LogP contribution in [-0.2, 0) is 11.2 Å². The van der Waals surface area contributed by atoms with E-state index in [1.54, 1.807) is 6.08 Å². The van der Waals surface area contributed by atoms with Crippen LogP contribution in [0.3, 0.4) is 0 Å². The molecule has 1 N–H and O–H groups in total. The molecule has 0 heterocycles. The molecule has 2 aromatic carbocycles. The Labute approximate surface area is 145 Å². The van der Waals surface area contributed by atoms with Gasteiger partial charge in [-0.3, -0.25) is 4.79 Å².